The Morgan fingerprint density at radius 1 is 1.16 bits per heavy atom. The number of hydrazine groups is 1. The molecule has 2 heterocycles. The first-order chi connectivity index (χ1) is 15.2. The quantitative estimate of drug-likeness (QED) is 0.441. The molecule has 1 aliphatic rings. The fourth-order valence-corrected chi connectivity index (χ4v) is 3.59. The van der Waals surface area contributed by atoms with E-state index in [0.717, 1.165) is 33.7 Å². The molecule has 1 aromatic heterocycles. The van der Waals surface area contributed by atoms with Crippen LogP contribution in [0, 0.1) is 10.1 Å². The van der Waals surface area contributed by atoms with Crippen molar-refractivity contribution in [2.75, 3.05) is 6.54 Å². The minimum absolute atomic E-state index is 0.432. The zero-order valence-electron chi connectivity index (χ0n) is 17.0. The number of allylic oxidation sites excluding steroid dienone is 1. The van der Waals surface area contributed by atoms with E-state index in [9.17, 15) is 10.1 Å². The highest BCUT2D eigenvalue weighted by atomic mass is 16.7. The van der Waals surface area contributed by atoms with Crippen LogP contribution in [0.25, 0.3) is 22.5 Å². The molecule has 158 valence electrons. The van der Waals surface area contributed by atoms with E-state index in [1.807, 2.05) is 60.4 Å². The molecule has 0 saturated carbocycles. The minimum atomic E-state index is -0.668. The van der Waals surface area contributed by atoms with Gasteiger partial charge >= 0.3 is 0 Å². The molecule has 31 heavy (non-hydrogen) atoms. The normalized spacial score (nSPS) is 15.5. The summed E-state index contributed by atoms with van der Waals surface area (Å²) >= 11 is 0. The van der Waals surface area contributed by atoms with E-state index in [1.54, 1.807) is 12.3 Å². The maximum atomic E-state index is 11.4. The molecule has 1 unspecified atom stereocenters. The number of hydrogen-bond donors (Lipinski definition) is 1. The SMILES string of the molecule is CCCN(Cc1ccc(-c2ccccc2-c2nn[nH]n2)cc1)C1N=CC=CN1[N+](=O)[O-]. The molecule has 10 heteroatoms. The number of H-pyrrole nitrogens is 1. The number of nitro groups is 1. The Balaban J connectivity index is 1.56. The second-order valence-corrected chi connectivity index (χ2v) is 7.05. The van der Waals surface area contributed by atoms with Gasteiger partial charge in [-0.05, 0) is 34.4 Å². The molecule has 1 aliphatic heterocycles. The minimum Gasteiger partial charge on any atom is -0.256 e. The van der Waals surface area contributed by atoms with Crippen molar-refractivity contribution < 1.29 is 5.03 Å². The van der Waals surface area contributed by atoms with Gasteiger partial charge in [-0.1, -0.05) is 60.5 Å². The number of rotatable bonds is 8. The smallest absolute Gasteiger partial charge is 0.240 e. The number of aliphatic imine (C=N–C) groups is 1. The lowest BCUT2D eigenvalue weighted by Crippen LogP contribution is -2.48. The number of nitrogens with one attached hydrogen (secondary N) is 1. The lowest BCUT2D eigenvalue weighted by atomic mass is 9.98. The molecule has 0 aliphatic carbocycles. The van der Waals surface area contributed by atoms with Crippen molar-refractivity contribution in [2.45, 2.75) is 26.2 Å². The average molecular weight is 418 g/mol. The van der Waals surface area contributed by atoms with Gasteiger partial charge in [-0.3, -0.25) is 4.90 Å². The van der Waals surface area contributed by atoms with Gasteiger partial charge in [0.25, 0.3) is 0 Å². The number of benzene rings is 2. The molecule has 0 saturated heterocycles. The van der Waals surface area contributed by atoms with Crippen LogP contribution in [0.1, 0.15) is 18.9 Å². The second kappa shape index (κ2) is 9.26. The van der Waals surface area contributed by atoms with Gasteiger partial charge < -0.3 is 0 Å². The highest BCUT2D eigenvalue weighted by Gasteiger charge is 2.30. The fourth-order valence-electron chi connectivity index (χ4n) is 3.59. The Labute approximate surface area is 179 Å². The molecule has 10 nitrogen and oxygen atoms in total. The molecule has 3 aromatic rings. The maximum Gasteiger partial charge on any atom is 0.240 e. The molecule has 4 rings (SSSR count). The molecular weight excluding hydrogens is 396 g/mol. The highest BCUT2D eigenvalue weighted by molar-refractivity contribution is 5.80. The van der Waals surface area contributed by atoms with Crippen LogP contribution < -0.4 is 0 Å². The van der Waals surface area contributed by atoms with Crippen LogP contribution in [0.2, 0.25) is 0 Å². The summed E-state index contributed by atoms with van der Waals surface area (Å²) in [6.45, 7) is 3.27. The average Bonchev–Trinajstić information content (AvgIpc) is 3.34. The first kappa shape index (κ1) is 20.4. The Kier molecular flexibility index (Phi) is 6.08. The van der Waals surface area contributed by atoms with E-state index in [4.69, 9.17) is 0 Å². The van der Waals surface area contributed by atoms with Crippen LogP contribution in [0.4, 0.5) is 0 Å². The van der Waals surface area contributed by atoms with Crippen molar-refractivity contribution in [3.05, 3.63) is 76.5 Å². The molecule has 0 spiro atoms. The van der Waals surface area contributed by atoms with Gasteiger partial charge in [0, 0.05) is 24.9 Å². The number of aromatic amines is 1. The van der Waals surface area contributed by atoms with Crippen molar-refractivity contribution in [3.63, 3.8) is 0 Å². The van der Waals surface area contributed by atoms with Gasteiger partial charge in [0.05, 0.1) is 6.20 Å². The van der Waals surface area contributed by atoms with Crippen molar-refractivity contribution in [1.82, 2.24) is 30.5 Å². The summed E-state index contributed by atoms with van der Waals surface area (Å²) in [5.74, 6) is 0.539. The van der Waals surface area contributed by atoms with Gasteiger partial charge in [-0.15, -0.1) is 10.2 Å². The molecular formula is C21H22N8O2. The molecule has 2 aromatic carbocycles. The van der Waals surface area contributed by atoms with E-state index in [-0.39, 0.29) is 0 Å². The molecule has 0 amide bonds. The van der Waals surface area contributed by atoms with Crippen LogP contribution in [0.3, 0.4) is 0 Å². The Morgan fingerprint density at radius 3 is 2.61 bits per heavy atom. The van der Waals surface area contributed by atoms with E-state index >= 15 is 0 Å². The molecule has 1 atom stereocenters. The predicted molar refractivity (Wildman–Crippen MR) is 116 cm³/mol. The van der Waals surface area contributed by atoms with Gasteiger partial charge in [0.15, 0.2) is 5.03 Å². The van der Waals surface area contributed by atoms with E-state index in [0.29, 0.717) is 18.9 Å². The largest absolute Gasteiger partial charge is 0.256 e. The Hall–Kier alpha value is -3.92. The number of hydrogen-bond acceptors (Lipinski definition) is 7. The van der Waals surface area contributed by atoms with Gasteiger partial charge in [0.2, 0.25) is 12.1 Å². The first-order valence-electron chi connectivity index (χ1n) is 9.96. The third-order valence-corrected chi connectivity index (χ3v) is 4.97. The van der Waals surface area contributed by atoms with Crippen LogP contribution in [0.15, 0.2) is 65.8 Å². The molecule has 0 bridgehead atoms. The monoisotopic (exact) mass is 418 g/mol. The standard InChI is InChI=1S/C21H22N8O2/c1-2-13-27(21-22-12-5-14-28(21)29(30)31)15-16-8-10-17(11-9-16)18-6-3-4-7-19(18)20-23-25-26-24-20/h3-12,14,21H,2,13,15H2,1H3,(H,23,24,25,26). The molecule has 0 radical (unpaired) electrons. The number of tetrazole rings is 1. The van der Waals surface area contributed by atoms with Crippen LogP contribution in [-0.2, 0) is 6.54 Å². The van der Waals surface area contributed by atoms with Crippen molar-refractivity contribution in [1.29, 1.82) is 0 Å². The summed E-state index contributed by atoms with van der Waals surface area (Å²) in [5, 5.41) is 26.3. The zero-order valence-corrected chi connectivity index (χ0v) is 17.0. The van der Waals surface area contributed by atoms with Crippen molar-refractivity contribution in [2.24, 2.45) is 4.99 Å². The summed E-state index contributed by atoms with van der Waals surface area (Å²) < 4.78 is 0. The summed E-state index contributed by atoms with van der Waals surface area (Å²) in [5.41, 5.74) is 3.96. The second-order valence-electron chi connectivity index (χ2n) is 7.05. The fraction of sp³-hybridized carbons (Fsp3) is 0.238. The third kappa shape index (κ3) is 4.48. The molecule has 1 N–H and O–H groups in total. The van der Waals surface area contributed by atoms with Crippen LogP contribution in [0.5, 0.6) is 0 Å². The first-order valence-corrected chi connectivity index (χ1v) is 9.96. The lowest BCUT2D eigenvalue weighted by Gasteiger charge is -2.31. The molecule has 0 fully saturated rings. The number of aromatic nitrogens is 4. The lowest BCUT2D eigenvalue weighted by molar-refractivity contribution is -0.654. The van der Waals surface area contributed by atoms with E-state index < -0.39 is 11.3 Å². The number of nitrogens with zero attached hydrogens (tertiary/aromatic N) is 7. The van der Waals surface area contributed by atoms with Crippen molar-refractivity contribution >= 4 is 6.21 Å². The third-order valence-electron chi connectivity index (χ3n) is 4.97. The zero-order chi connectivity index (χ0) is 21.6. The highest BCUT2D eigenvalue weighted by Crippen LogP contribution is 2.30. The maximum absolute atomic E-state index is 11.4. The summed E-state index contributed by atoms with van der Waals surface area (Å²) in [7, 11) is 0. The summed E-state index contributed by atoms with van der Waals surface area (Å²) in [6, 6.07) is 16.0. The van der Waals surface area contributed by atoms with Gasteiger partial charge in [0.1, 0.15) is 0 Å². The van der Waals surface area contributed by atoms with Gasteiger partial charge in [-0.25, -0.2) is 15.1 Å². The van der Waals surface area contributed by atoms with E-state index in [1.165, 1.54) is 6.20 Å². The summed E-state index contributed by atoms with van der Waals surface area (Å²) in [6.07, 6.45) is 4.80. The van der Waals surface area contributed by atoms with E-state index in [2.05, 4.69) is 25.6 Å². The topological polar surface area (TPSA) is 116 Å². The predicted octanol–water partition coefficient (Wildman–Crippen LogP) is 3.12. The Morgan fingerprint density at radius 2 is 1.94 bits per heavy atom. The van der Waals surface area contributed by atoms with Crippen LogP contribution in [-0.4, -0.2) is 54.6 Å². The van der Waals surface area contributed by atoms with Gasteiger partial charge in [-0.2, -0.15) is 5.21 Å². The van der Waals surface area contributed by atoms with Crippen LogP contribution >= 0.6 is 0 Å². The summed E-state index contributed by atoms with van der Waals surface area (Å²) in [4.78, 5) is 17.7. The van der Waals surface area contributed by atoms with Crippen molar-refractivity contribution in [3.8, 4) is 22.5 Å². The Bertz CT molecular complexity index is 1080.